The summed E-state index contributed by atoms with van der Waals surface area (Å²) in [7, 11) is 1.58. The molecule has 0 saturated carbocycles. The molecule has 6 heteroatoms. The van der Waals surface area contributed by atoms with E-state index >= 15 is 0 Å². The van der Waals surface area contributed by atoms with Crippen LogP contribution >= 0.6 is 31.9 Å². The lowest BCUT2D eigenvalue weighted by atomic mass is 10.1. The average Bonchev–Trinajstić information content (AvgIpc) is 2.37. The van der Waals surface area contributed by atoms with Crippen molar-refractivity contribution in [2.75, 3.05) is 20.3 Å². The van der Waals surface area contributed by atoms with Crippen LogP contribution in [0.15, 0.2) is 27.1 Å². The number of rotatable bonds is 6. The summed E-state index contributed by atoms with van der Waals surface area (Å²) in [5.74, 6) is -0.224. The van der Waals surface area contributed by atoms with Crippen molar-refractivity contribution < 1.29 is 14.6 Å². The maximum absolute atomic E-state index is 12.0. The van der Waals surface area contributed by atoms with Crippen molar-refractivity contribution in [1.29, 1.82) is 0 Å². The number of ether oxygens (including phenoxy) is 1. The second-order valence-electron chi connectivity index (χ2n) is 3.76. The standard InChI is InChI=1S/C12H15Br2NO3/c1-18-5-4-9(7-16)15-12(17)10-6-8(13)2-3-11(10)14/h2-3,6,9,16H,4-5,7H2,1H3,(H,15,17). The first-order chi connectivity index (χ1) is 8.58. The third kappa shape index (κ3) is 4.68. The first-order valence-electron chi connectivity index (χ1n) is 5.44. The molecule has 0 heterocycles. The summed E-state index contributed by atoms with van der Waals surface area (Å²) in [4.78, 5) is 12.0. The van der Waals surface area contributed by atoms with Crippen molar-refractivity contribution in [3.8, 4) is 0 Å². The molecular weight excluding hydrogens is 366 g/mol. The van der Waals surface area contributed by atoms with Crippen LogP contribution in [0.3, 0.4) is 0 Å². The lowest BCUT2D eigenvalue weighted by Gasteiger charge is -2.16. The highest BCUT2D eigenvalue weighted by Crippen LogP contribution is 2.21. The number of benzene rings is 1. The third-order valence-corrected chi connectivity index (χ3v) is 3.58. The van der Waals surface area contributed by atoms with Gasteiger partial charge in [-0.05, 0) is 40.5 Å². The van der Waals surface area contributed by atoms with Crippen LogP contribution in [0.4, 0.5) is 0 Å². The van der Waals surface area contributed by atoms with E-state index in [2.05, 4.69) is 37.2 Å². The Balaban J connectivity index is 2.71. The normalized spacial score (nSPS) is 12.2. The minimum absolute atomic E-state index is 0.110. The van der Waals surface area contributed by atoms with E-state index in [0.29, 0.717) is 23.1 Å². The minimum atomic E-state index is -0.302. The van der Waals surface area contributed by atoms with Crippen molar-refractivity contribution in [3.63, 3.8) is 0 Å². The Morgan fingerprint density at radius 1 is 1.50 bits per heavy atom. The molecule has 0 spiro atoms. The first kappa shape index (κ1) is 15.6. The number of halogens is 2. The molecule has 0 aliphatic rings. The molecule has 1 aromatic rings. The predicted molar refractivity (Wildman–Crippen MR) is 76.7 cm³/mol. The second-order valence-corrected chi connectivity index (χ2v) is 5.53. The van der Waals surface area contributed by atoms with Crippen LogP contribution in [-0.4, -0.2) is 37.4 Å². The number of nitrogens with one attached hydrogen (secondary N) is 1. The smallest absolute Gasteiger partial charge is 0.252 e. The van der Waals surface area contributed by atoms with Gasteiger partial charge in [0.15, 0.2) is 0 Å². The fourth-order valence-corrected chi connectivity index (χ4v) is 2.19. The SMILES string of the molecule is COCCC(CO)NC(=O)c1cc(Br)ccc1Br. The van der Waals surface area contributed by atoms with Crippen LogP contribution < -0.4 is 5.32 Å². The van der Waals surface area contributed by atoms with E-state index in [1.54, 1.807) is 19.2 Å². The first-order valence-corrected chi connectivity index (χ1v) is 7.02. The highest BCUT2D eigenvalue weighted by molar-refractivity contribution is 9.11. The molecule has 1 rings (SSSR count). The summed E-state index contributed by atoms with van der Waals surface area (Å²) in [5, 5.41) is 11.9. The van der Waals surface area contributed by atoms with Crippen molar-refractivity contribution >= 4 is 37.8 Å². The highest BCUT2D eigenvalue weighted by atomic mass is 79.9. The van der Waals surface area contributed by atoms with Crippen LogP contribution in [-0.2, 0) is 4.74 Å². The molecule has 1 atom stereocenters. The molecular formula is C12H15Br2NO3. The van der Waals surface area contributed by atoms with Crippen LogP contribution in [0, 0.1) is 0 Å². The van der Waals surface area contributed by atoms with Crippen molar-refractivity contribution in [1.82, 2.24) is 5.32 Å². The van der Waals surface area contributed by atoms with Gasteiger partial charge in [-0.2, -0.15) is 0 Å². The lowest BCUT2D eigenvalue weighted by molar-refractivity contribution is 0.0894. The Kier molecular flexibility index (Phi) is 6.85. The van der Waals surface area contributed by atoms with Gasteiger partial charge in [-0.3, -0.25) is 4.79 Å². The Labute approximate surface area is 123 Å². The molecule has 1 aromatic carbocycles. The van der Waals surface area contributed by atoms with Gasteiger partial charge in [-0.25, -0.2) is 0 Å². The van der Waals surface area contributed by atoms with Gasteiger partial charge in [-0.15, -0.1) is 0 Å². The number of carbonyl (C=O) groups excluding carboxylic acids is 1. The molecule has 0 fully saturated rings. The molecule has 1 unspecified atom stereocenters. The van der Waals surface area contributed by atoms with E-state index in [-0.39, 0.29) is 18.6 Å². The lowest BCUT2D eigenvalue weighted by Crippen LogP contribution is -2.38. The average molecular weight is 381 g/mol. The number of aliphatic hydroxyl groups is 1. The molecule has 100 valence electrons. The Hall–Kier alpha value is -0.430. The molecule has 0 saturated heterocycles. The second kappa shape index (κ2) is 7.89. The fourth-order valence-electron chi connectivity index (χ4n) is 1.40. The van der Waals surface area contributed by atoms with Gasteiger partial charge < -0.3 is 15.2 Å². The number of carbonyl (C=O) groups is 1. The number of methoxy groups -OCH3 is 1. The summed E-state index contributed by atoms with van der Waals surface area (Å²) in [5.41, 5.74) is 0.528. The van der Waals surface area contributed by atoms with Crippen molar-refractivity contribution in [2.45, 2.75) is 12.5 Å². The van der Waals surface area contributed by atoms with Gasteiger partial charge in [0.1, 0.15) is 0 Å². The predicted octanol–water partition coefficient (Wildman–Crippen LogP) is 2.34. The van der Waals surface area contributed by atoms with Gasteiger partial charge >= 0.3 is 0 Å². The van der Waals surface area contributed by atoms with Crippen molar-refractivity contribution in [3.05, 3.63) is 32.7 Å². The summed E-state index contributed by atoms with van der Waals surface area (Å²) in [6.45, 7) is 0.381. The molecule has 0 radical (unpaired) electrons. The molecule has 18 heavy (non-hydrogen) atoms. The summed E-state index contributed by atoms with van der Waals surface area (Å²) >= 11 is 6.65. The molecule has 1 amide bonds. The van der Waals surface area contributed by atoms with Crippen LogP contribution in [0.1, 0.15) is 16.8 Å². The Morgan fingerprint density at radius 2 is 2.22 bits per heavy atom. The molecule has 2 N–H and O–H groups in total. The molecule has 0 bridgehead atoms. The van der Waals surface area contributed by atoms with Gasteiger partial charge in [0, 0.05) is 22.7 Å². The minimum Gasteiger partial charge on any atom is -0.394 e. The summed E-state index contributed by atoms with van der Waals surface area (Å²) in [6.07, 6.45) is 0.574. The third-order valence-electron chi connectivity index (χ3n) is 2.40. The van der Waals surface area contributed by atoms with Crippen LogP contribution in [0.2, 0.25) is 0 Å². The molecule has 4 nitrogen and oxygen atoms in total. The van der Waals surface area contributed by atoms with Crippen LogP contribution in [0.5, 0.6) is 0 Å². The highest BCUT2D eigenvalue weighted by Gasteiger charge is 2.15. The molecule has 0 aliphatic carbocycles. The van der Waals surface area contributed by atoms with E-state index in [1.807, 2.05) is 6.07 Å². The maximum atomic E-state index is 12.0. The number of hydrogen-bond donors (Lipinski definition) is 2. The van der Waals surface area contributed by atoms with E-state index < -0.39 is 0 Å². The van der Waals surface area contributed by atoms with E-state index in [0.717, 1.165) is 4.47 Å². The fraction of sp³-hybridized carbons (Fsp3) is 0.417. The van der Waals surface area contributed by atoms with Crippen LogP contribution in [0.25, 0.3) is 0 Å². The Bertz CT molecular complexity index is 412. The summed E-state index contributed by atoms with van der Waals surface area (Å²) in [6, 6.07) is 5.06. The number of hydrogen-bond acceptors (Lipinski definition) is 3. The molecule has 0 aliphatic heterocycles. The molecule has 0 aromatic heterocycles. The largest absolute Gasteiger partial charge is 0.394 e. The number of aliphatic hydroxyl groups excluding tert-OH is 1. The van der Waals surface area contributed by atoms with E-state index in [9.17, 15) is 9.90 Å². The van der Waals surface area contributed by atoms with Gasteiger partial charge in [0.05, 0.1) is 18.2 Å². The van der Waals surface area contributed by atoms with E-state index in [1.165, 1.54) is 0 Å². The topological polar surface area (TPSA) is 58.6 Å². The van der Waals surface area contributed by atoms with Gasteiger partial charge in [-0.1, -0.05) is 15.9 Å². The van der Waals surface area contributed by atoms with Crippen molar-refractivity contribution in [2.24, 2.45) is 0 Å². The zero-order valence-electron chi connectivity index (χ0n) is 9.95. The van der Waals surface area contributed by atoms with E-state index in [4.69, 9.17) is 4.74 Å². The van der Waals surface area contributed by atoms with Gasteiger partial charge in [0.2, 0.25) is 0 Å². The zero-order valence-corrected chi connectivity index (χ0v) is 13.1. The summed E-state index contributed by atoms with van der Waals surface area (Å²) < 4.78 is 6.47. The zero-order chi connectivity index (χ0) is 13.5. The quantitative estimate of drug-likeness (QED) is 0.796. The monoisotopic (exact) mass is 379 g/mol. The maximum Gasteiger partial charge on any atom is 0.252 e. The Morgan fingerprint density at radius 3 is 2.83 bits per heavy atom. The van der Waals surface area contributed by atoms with Gasteiger partial charge in [0.25, 0.3) is 5.91 Å². The number of amides is 1.